The molecule has 0 unspecified atom stereocenters. The van der Waals surface area contributed by atoms with Gasteiger partial charge >= 0.3 is 5.63 Å². The van der Waals surface area contributed by atoms with E-state index in [1.165, 1.54) is 19.3 Å². The number of aryl methyl sites for hydroxylation is 1. The van der Waals surface area contributed by atoms with Gasteiger partial charge in [0, 0.05) is 18.5 Å². The van der Waals surface area contributed by atoms with Gasteiger partial charge in [-0.1, -0.05) is 32.6 Å². The molecule has 3 rings (SSSR count). The van der Waals surface area contributed by atoms with Crippen LogP contribution in [-0.4, -0.2) is 23.4 Å². The minimum absolute atomic E-state index is 0.123. The van der Waals surface area contributed by atoms with Crippen molar-refractivity contribution in [3.05, 3.63) is 33.4 Å². The fourth-order valence-electron chi connectivity index (χ4n) is 3.92. The molecule has 0 N–H and O–H groups in total. The standard InChI is InChI=1S/C20H29NO3/c1-3-4-12-21(16-10-5-6-11-16)19(22)18-14(2)13-17(24-20(18)23)15-8-7-9-15/h13,15-16H,3-12H2,1-2H3. The van der Waals surface area contributed by atoms with Crippen molar-refractivity contribution < 1.29 is 9.21 Å². The summed E-state index contributed by atoms with van der Waals surface area (Å²) in [5, 5.41) is 0. The zero-order chi connectivity index (χ0) is 17.1. The number of nitrogens with zero attached hydrogens (tertiary/aromatic N) is 1. The van der Waals surface area contributed by atoms with Crippen molar-refractivity contribution in [2.24, 2.45) is 0 Å². The first-order valence-electron chi connectivity index (χ1n) is 9.57. The highest BCUT2D eigenvalue weighted by Crippen LogP contribution is 2.36. The Morgan fingerprint density at radius 2 is 1.92 bits per heavy atom. The van der Waals surface area contributed by atoms with E-state index in [0.717, 1.165) is 56.4 Å². The lowest BCUT2D eigenvalue weighted by Crippen LogP contribution is -2.42. The van der Waals surface area contributed by atoms with E-state index in [9.17, 15) is 9.59 Å². The fraction of sp³-hybridized carbons (Fsp3) is 0.700. The number of amides is 1. The van der Waals surface area contributed by atoms with Gasteiger partial charge in [-0.25, -0.2) is 4.79 Å². The smallest absolute Gasteiger partial charge is 0.349 e. The van der Waals surface area contributed by atoms with E-state index in [-0.39, 0.29) is 17.5 Å². The Bertz CT molecular complexity index is 639. The van der Waals surface area contributed by atoms with Gasteiger partial charge in [-0.05, 0) is 50.7 Å². The highest BCUT2D eigenvalue weighted by atomic mass is 16.4. The molecule has 1 aromatic heterocycles. The third-order valence-electron chi connectivity index (χ3n) is 5.67. The van der Waals surface area contributed by atoms with Gasteiger partial charge in [0.05, 0.1) is 0 Å². The number of hydrogen-bond donors (Lipinski definition) is 0. The molecule has 0 atom stereocenters. The van der Waals surface area contributed by atoms with Crippen molar-refractivity contribution in [1.29, 1.82) is 0 Å². The third-order valence-corrected chi connectivity index (χ3v) is 5.67. The lowest BCUT2D eigenvalue weighted by Gasteiger charge is -2.29. The van der Waals surface area contributed by atoms with Gasteiger partial charge in [-0.3, -0.25) is 4.79 Å². The fourth-order valence-corrected chi connectivity index (χ4v) is 3.92. The van der Waals surface area contributed by atoms with Crippen LogP contribution in [0, 0.1) is 6.92 Å². The summed E-state index contributed by atoms with van der Waals surface area (Å²) in [7, 11) is 0. The van der Waals surface area contributed by atoms with Gasteiger partial charge in [0.25, 0.3) is 5.91 Å². The zero-order valence-corrected chi connectivity index (χ0v) is 15.0. The second-order valence-corrected chi connectivity index (χ2v) is 7.41. The molecule has 2 aliphatic carbocycles. The number of carbonyl (C=O) groups excluding carboxylic acids is 1. The lowest BCUT2D eigenvalue weighted by molar-refractivity contribution is 0.0672. The van der Waals surface area contributed by atoms with Crippen molar-refractivity contribution in [3.63, 3.8) is 0 Å². The summed E-state index contributed by atoms with van der Waals surface area (Å²) in [6, 6.07) is 2.21. The van der Waals surface area contributed by atoms with Crippen LogP contribution in [-0.2, 0) is 0 Å². The van der Waals surface area contributed by atoms with Gasteiger partial charge in [-0.2, -0.15) is 0 Å². The topological polar surface area (TPSA) is 50.5 Å². The molecule has 0 aromatic carbocycles. The summed E-state index contributed by atoms with van der Waals surface area (Å²) >= 11 is 0. The van der Waals surface area contributed by atoms with Crippen molar-refractivity contribution >= 4 is 5.91 Å². The van der Waals surface area contributed by atoms with E-state index in [1.807, 2.05) is 17.9 Å². The molecule has 24 heavy (non-hydrogen) atoms. The lowest BCUT2D eigenvalue weighted by atomic mass is 9.83. The Morgan fingerprint density at radius 3 is 2.46 bits per heavy atom. The molecule has 0 spiro atoms. The average molecular weight is 331 g/mol. The van der Waals surface area contributed by atoms with Crippen LogP contribution < -0.4 is 5.63 Å². The van der Waals surface area contributed by atoms with Crippen LogP contribution >= 0.6 is 0 Å². The van der Waals surface area contributed by atoms with E-state index >= 15 is 0 Å². The maximum Gasteiger partial charge on any atom is 0.349 e. The van der Waals surface area contributed by atoms with Gasteiger partial charge < -0.3 is 9.32 Å². The Kier molecular flexibility index (Phi) is 5.42. The molecular weight excluding hydrogens is 302 g/mol. The Labute approximate surface area is 144 Å². The first-order chi connectivity index (χ1) is 11.6. The van der Waals surface area contributed by atoms with Crippen LogP contribution in [0.15, 0.2) is 15.3 Å². The second-order valence-electron chi connectivity index (χ2n) is 7.41. The van der Waals surface area contributed by atoms with Crippen molar-refractivity contribution in [1.82, 2.24) is 4.90 Å². The monoisotopic (exact) mass is 331 g/mol. The van der Waals surface area contributed by atoms with Gasteiger partial charge in [0.1, 0.15) is 11.3 Å². The molecule has 1 amide bonds. The normalized spacial score (nSPS) is 18.6. The van der Waals surface area contributed by atoms with Crippen LogP contribution in [0.1, 0.15) is 92.3 Å². The molecule has 0 radical (unpaired) electrons. The molecule has 4 nitrogen and oxygen atoms in total. The number of carbonyl (C=O) groups is 1. The quantitative estimate of drug-likeness (QED) is 0.776. The zero-order valence-electron chi connectivity index (χ0n) is 15.0. The summed E-state index contributed by atoms with van der Waals surface area (Å²) in [6.45, 7) is 4.74. The average Bonchev–Trinajstić information content (AvgIpc) is 2.99. The Morgan fingerprint density at radius 1 is 1.21 bits per heavy atom. The van der Waals surface area contributed by atoms with Crippen molar-refractivity contribution in [3.8, 4) is 0 Å². The molecule has 4 heteroatoms. The van der Waals surface area contributed by atoms with Gasteiger partial charge in [-0.15, -0.1) is 0 Å². The molecule has 1 aromatic rings. The van der Waals surface area contributed by atoms with E-state index in [1.54, 1.807) is 0 Å². The van der Waals surface area contributed by atoms with Gasteiger partial charge in [0.2, 0.25) is 0 Å². The van der Waals surface area contributed by atoms with Crippen molar-refractivity contribution in [2.75, 3.05) is 6.54 Å². The number of hydrogen-bond acceptors (Lipinski definition) is 3. The maximum absolute atomic E-state index is 13.1. The molecule has 2 aliphatic rings. The summed E-state index contributed by atoms with van der Waals surface area (Å²) in [5.74, 6) is 1.01. The second kappa shape index (κ2) is 7.54. The van der Waals surface area contributed by atoms with Crippen LogP contribution in [0.3, 0.4) is 0 Å². The SMILES string of the molecule is CCCCN(C(=O)c1c(C)cc(C2CCC2)oc1=O)C1CCCC1. The van der Waals surface area contributed by atoms with E-state index in [4.69, 9.17) is 4.42 Å². The van der Waals surface area contributed by atoms with Crippen LogP contribution in [0.5, 0.6) is 0 Å². The summed E-state index contributed by atoms with van der Waals surface area (Å²) in [6.07, 6.45) is 9.85. The van der Waals surface area contributed by atoms with E-state index in [2.05, 4.69) is 6.92 Å². The third kappa shape index (κ3) is 3.42. The minimum Gasteiger partial charge on any atom is -0.427 e. The van der Waals surface area contributed by atoms with Gasteiger partial charge in [0.15, 0.2) is 0 Å². The largest absolute Gasteiger partial charge is 0.427 e. The molecular formula is C20H29NO3. The number of rotatable bonds is 6. The molecule has 2 fully saturated rings. The highest BCUT2D eigenvalue weighted by Gasteiger charge is 2.31. The van der Waals surface area contributed by atoms with E-state index < -0.39 is 5.63 Å². The van der Waals surface area contributed by atoms with Crippen LogP contribution in [0.4, 0.5) is 0 Å². The molecule has 0 bridgehead atoms. The van der Waals surface area contributed by atoms with Crippen LogP contribution in [0.2, 0.25) is 0 Å². The predicted molar refractivity (Wildman–Crippen MR) is 94.5 cm³/mol. The molecule has 0 aliphatic heterocycles. The predicted octanol–water partition coefficient (Wildman–Crippen LogP) is 4.40. The van der Waals surface area contributed by atoms with Crippen molar-refractivity contribution in [2.45, 2.75) is 83.6 Å². The number of unbranched alkanes of at least 4 members (excludes halogenated alkanes) is 1. The first kappa shape index (κ1) is 17.2. The molecule has 2 saturated carbocycles. The summed E-state index contributed by atoms with van der Waals surface area (Å²) < 4.78 is 5.53. The Hall–Kier alpha value is -1.58. The molecule has 0 saturated heterocycles. The summed E-state index contributed by atoms with van der Waals surface area (Å²) in [4.78, 5) is 27.6. The molecule has 132 valence electrons. The van der Waals surface area contributed by atoms with Crippen LogP contribution in [0.25, 0.3) is 0 Å². The summed E-state index contributed by atoms with van der Waals surface area (Å²) in [5.41, 5.74) is 0.583. The maximum atomic E-state index is 13.1. The van der Waals surface area contributed by atoms with E-state index in [0.29, 0.717) is 5.92 Å². The highest BCUT2D eigenvalue weighted by molar-refractivity contribution is 5.95. The first-order valence-corrected chi connectivity index (χ1v) is 9.57. The Balaban J connectivity index is 1.87. The molecule has 1 heterocycles. The minimum atomic E-state index is -0.443.